The zero-order chi connectivity index (χ0) is 42.5. The van der Waals surface area contributed by atoms with Crippen LogP contribution in [-0.2, 0) is 0 Å². The molecule has 0 spiro atoms. The Kier molecular flexibility index (Phi) is 9.81. The van der Waals surface area contributed by atoms with Crippen molar-refractivity contribution in [2.45, 2.75) is 34.1 Å². The van der Waals surface area contributed by atoms with Gasteiger partial charge < -0.3 is 13.3 Å². The highest BCUT2D eigenvalue weighted by Crippen LogP contribution is 2.41. The third-order valence-corrected chi connectivity index (χ3v) is 11.9. The lowest BCUT2D eigenvalue weighted by molar-refractivity contribution is 0.656. The molecule has 3 nitrogen and oxygen atoms in total. The van der Waals surface area contributed by atoms with Gasteiger partial charge in [0.1, 0.15) is 33.5 Å². The van der Waals surface area contributed by atoms with E-state index in [-0.39, 0.29) is 0 Å². The van der Waals surface area contributed by atoms with Gasteiger partial charge >= 0.3 is 0 Å². The molecule has 0 radical (unpaired) electrons. The molecule has 0 unspecified atom stereocenters. The summed E-state index contributed by atoms with van der Waals surface area (Å²) in [6, 6.07) is 54.1. The van der Waals surface area contributed by atoms with E-state index in [0.717, 1.165) is 93.6 Å². The summed E-state index contributed by atoms with van der Waals surface area (Å²) in [5.74, 6) is 0. The number of hydrogen-bond acceptors (Lipinski definition) is 3. The Morgan fingerprint density at radius 1 is 0.419 bits per heavy atom. The van der Waals surface area contributed by atoms with E-state index in [2.05, 4.69) is 180 Å². The molecule has 0 bridgehead atoms. The highest BCUT2D eigenvalue weighted by Gasteiger charge is 2.17. The minimum Gasteiger partial charge on any atom is -0.456 e. The summed E-state index contributed by atoms with van der Waals surface area (Å²) in [4.78, 5) is 0. The van der Waals surface area contributed by atoms with Crippen LogP contribution in [0.2, 0.25) is 0 Å². The van der Waals surface area contributed by atoms with Crippen molar-refractivity contribution < 1.29 is 13.3 Å². The molecule has 0 aliphatic heterocycles. The number of rotatable bonds is 7. The minimum atomic E-state index is 0.801. The maximum Gasteiger partial charge on any atom is 0.139 e. The molecule has 0 aliphatic carbocycles. The maximum absolute atomic E-state index is 6.45. The third-order valence-electron chi connectivity index (χ3n) is 11.9. The largest absolute Gasteiger partial charge is 0.456 e. The third kappa shape index (κ3) is 6.73. The van der Waals surface area contributed by atoms with Crippen LogP contribution in [0.1, 0.15) is 37.0 Å². The summed E-state index contributed by atoms with van der Waals surface area (Å²) in [6.45, 7) is 16.5. The van der Waals surface area contributed by atoms with Crippen molar-refractivity contribution in [1.29, 1.82) is 0 Å². The second-order valence-corrected chi connectivity index (χ2v) is 16.2. The van der Waals surface area contributed by atoms with Crippen molar-refractivity contribution in [3.8, 4) is 44.5 Å². The van der Waals surface area contributed by atoms with E-state index < -0.39 is 0 Å². The lowest BCUT2D eigenvalue weighted by Gasteiger charge is -2.14. The van der Waals surface area contributed by atoms with E-state index in [1.807, 2.05) is 24.3 Å². The summed E-state index contributed by atoms with van der Waals surface area (Å²) in [5.41, 5.74) is 19.0. The summed E-state index contributed by atoms with van der Waals surface area (Å²) in [6.07, 6.45) is 6.86. The summed E-state index contributed by atoms with van der Waals surface area (Å²) < 4.78 is 19.2. The number of hydrogen-bond donors (Lipinski definition) is 0. The zero-order valence-electron chi connectivity index (χ0n) is 35.5. The lowest BCUT2D eigenvalue weighted by atomic mass is 9.90. The van der Waals surface area contributed by atoms with Gasteiger partial charge in [0.15, 0.2) is 0 Å². The number of allylic oxidation sites excluding steroid dienone is 4. The second kappa shape index (κ2) is 15.8. The van der Waals surface area contributed by atoms with E-state index in [0.29, 0.717) is 0 Å². The van der Waals surface area contributed by atoms with Gasteiger partial charge in [-0.25, -0.2) is 0 Å². The Balaban J connectivity index is 0.00000149. The van der Waals surface area contributed by atoms with Crippen LogP contribution in [0, 0.1) is 13.8 Å². The van der Waals surface area contributed by atoms with E-state index >= 15 is 0 Å². The second-order valence-electron chi connectivity index (χ2n) is 16.2. The van der Waals surface area contributed by atoms with Crippen LogP contribution in [0.4, 0.5) is 0 Å². The smallest absolute Gasteiger partial charge is 0.139 e. The number of fused-ring (bicyclic) bond motifs is 9. The Hall–Kier alpha value is -7.62. The average molecular weight is 803 g/mol. The van der Waals surface area contributed by atoms with Gasteiger partial charge in [-0.15, -0.1) is 0 Å². The first-order valence-corrected chi connectivity index (χ1v) is 21.4. The Bertz CT molecular complexity index is 3570. The Morgan fingerprint density at radius 3 is 1.31 bits per heavy atom. The molecular formula is C59H46O3. The molecule has 11 rings (SSSR count). The van der Waals surface area contributed by atoms with Gasteiger partial charge in [0.25, 0.3) is 0 Å². The van der Waals surface area contributed by atoms with Gasteiger partial charge in [-0.1, -0.05) is 131 Å². The molecule has 3 heteroatoms. The van der Waals surface area contributed by atoms with Gasteiger partial charge in [-0.2, -0.15) is 0 Å². The van der Waals surface area contributed by atoms with Crippen LogP contribution in [0.3, 0.4) is 0 Å². The summed E-state index contributed by atoms with van der Waals surface area (Å²) in [5, 5.41) is 6.39. The van der Waals surface area contributed by atoms with E-state index in [1.165, 1.54) is 45.4 Å². The molecule has 0 amide bonds. The van der Waals surface area contributed by atoms with E-state index in [4.69, 9.17) is 13.3 Å². The molecule has 0 saturated carbocycles. The van der Waals surface area contributed by atoms with Crippen molar-refractivity contribution in [1.82, 2.24) is 0 Å². The molecular weight excluding hydrogens is 757 g/mol. The molecule has 300 valence electrons. The van der Waals surface area contributed by atoms with Crippen molar-refractivity contribution >= 4 is 71.4 Å². The van der Waals surface area contributed by atoms with Crippen molar-refractivity contribution in [2.24, 2.45) is 0 Å². The molecule has 0 atom stereocenters. The molecule has 0 fully saturated rings. The monoisotopic (exact) mass is 802 g/mol. The van der Waals surface area contributed by atoms with Crippen LogP contribution < -0.4 is 0 Å². The van der Waals surface area contributed by atoms with Gasteiger partial charge in [0.2, 0.25) is 0 Å². The van der Waals surface area contributed by atoms with Gasteiger partial charge in [-0.05, 0) is 147 Å². The highest BCUT2D eigenvalue weighted by atomic mass is 16.3. The van der Waals surface area contributed by atoms with Crippen molar-refractivity contribution in [3.63, 3.8) is 0 Å². The topological polar surface area (TPSA) is 39.4 Å². The molecule has 0 saturated heterocycles. The van der Waals surface area contributed by atoms with Crippen LogP contribution in [-0.4, -0.2) is 0 Å². The molecule has 11 aromatic rings. The predicted molar refractivity (Wildman–Crippen MR) is 264 cm³/mol. The lowest BCUT2D eigenvalue weighted by Crippen LogP contribution is -1.90. The number of benzene rings is 8. The molecule has 8 aromatic carbocycles. The minimum absolute atomic E-state index is 0.801. The number of furan rings is 3. The van der Waals surface area contributed by atoms with Crippen LogP contribution >= 0.6 is 0 Å². The molecule has 62 heavy (non-hydrogen) atoms. The first-order chi connectivity index (χ1) is 30.3. The first kappa shape index (κ1) is 38.6. The van der Waals surface area contributed by atoms with Crippen LogP contribution in [0.15, 0.2) is 196 Å². The quantitative estimate of drug-likeness (QED) is 0.151. The Morgan fingerprint density at radius 2 is 0.823 bits per heavy atom. The normalized spacial score (nSPS) is 11.8. The van der Waals surface area contributed by atoms with Crippen molar-refractivity contribution in [3.05, 3.63) is 200 Å². The molecule has 3 heterocycles. The standard InChI is InChI=1S/C56H38O3.C3H8/c1-5-10-35(6-2)37-17-21-51-45(27-37)46-28-41(18-22-52(46)57-51)42-20-24-54-48(30-42)50-31-49-47-29-40(19-23-53(47)58-55(49)32-56(50)59-54)39-16-14-34(4)44(26-39)43-25-38(15-13-33(43)3)36-11-8-7-9-12-36;1-3-2/h5-32H,1-2H2,3-4H3;3H2,1-2H3/b35-10+;. The molecule has 3 aromatic heterocycles. The van der Waals surface area contributed by atoms with Gasteiger partial charge in [0, 0.05) is 38.4 Å². The zero-order valence-corrected chi connectivity index (χ0v) is 35.5. The van der Waals surface area contributed by atoms with E-state index in [1.54, 1.807) is 6.08 Å². The SMILES string of the molecule is C=C/C=C(\C=C)c1ccc2oc3ccc(-c4ccc5oc6cc7oc8ccc(-c9ccc(C)c(-c%10cc(-c%11ccccc%11)ccc%10C)c9)cc8c7cc6c5c4)cc3c2c1.CCC. The van der Waals surface area contributed by atoms with Gasteiger partial charge in [-0.3, -0.25) is 0 Å². The number of aryl methyl sites for hydroxylation is 2. The molecule has 0 N–H and O–H groups in total. The fourth-order valence-electron chi connectivity index (χ4n) is 8.77. The van der Waals surface area contributed by atoms with Crippen LogP contribution in [0.25, 0.3) is 116 Å². The average Bonchev–Trinajstić information content (AvgIpc) is 3.97. The maximum atomic E-state index is 6.45. The summed E-state index contributed by atoms with van der Waals surface area (Å²) >= 11 is 0. The van der Waals surface area contributed by atoms with Gasteiger partial charge in [0.05, 0.1) is 0 Å². The Labute approximate surface area is 361 Å². The highest BCUT2D eigenvalue weighted by molar-refractivity contribution is 6.16. The van der Waals surface area contributed by atoms with Crippen LogP contribution in [0.5, 0.6) is 0 Å². The molecule has 0 aliphatic rings. The fourth-order valence-corrected chi connectivity index (χ4v) is 8.77. The predicted octanol–water partition coefficient (Wildman–Crippen LogP) is 17.8. The van der Waals surface area contributed by atoms with Crippen molar-refractivity contribution in [2.75, 3.05) is 0 Å². The fraction of sp³-hybridized carbons (Fsp3) is 0.0847. The first-order valence-electron chi connectivity index (χ1n) is 21.4. The summed E-state index contributed by atoms with van der Waals surface area (Å²) in [7, 11) is 0. The van der Waals surface area contributed by atoms with E-state index in [9.17, 15) is 0 Å².